The molecule has 0 N–H and O–H groups in total. The van der Waals surface area contributed by atoms with Crippen molar-refractivity contribution >= 4 is 16.8 Å². The van der Waals surface area contributed by atoms with E-state index in [4.69, 9.17) is 9.51 Å². The monoisotopic (exact) mass is 453 g/mol. The van der Waals surface area contributed by atoms with Gasteiger partial charge in [0.1, 0.15) is 0 Å². The van der Waals surface area contributed by atoms with Crippen LogP contribution in [0.1, 0.15) is 39.5 Å². The molecule has 4 aromatic rings. The number of hydrogen-bond donors (Lipinski definition) is 0. The van der Waals surface area contributed by atoms with Crippen LogP contribution in [0, 0.1) is 6.92 Å². The second kappa shape index (κ2) is 8.65. The number of piperazine rings is 1. The third kappa shape index (κ3) is 3.86. The second-order valence-corrected chi connectivity index (χ2v) is 9.23. The summed E-state index contributed by atoms with van der Waals surface area (Å²) in [6, 6.07) is 16.1. The zero-order valence-electron chi connectivity index (χ0n) is 19.3. The highest BCUT2D eigenvalue weighted by Gasteiger charge is 2.29. The Labute approximate surface area is 198 Å². The Morgan fingerprint density at radius 2 is 1.76 bits per heavy atom. The zero-order valence-corrected chi connectivity index (χ0v) is 19.3. The van der Waals surface area contributed by atoms with Gasteiger partial charge in [0, 0.05) is 42.8 Å². The van der Waals surface area contributed by atoms with E-state index in [0.29, 0.717) is 31.3 Å². The van der Waals surface area contributed by atoms with Crippen molar-refractivity contribution < 1.29 is 9.32 Å². The number of aromatic nitrogens is 3. The average Bonchev–Trinajstić information content (AvgIpc) is 3.52. The first-order valence-corrected chi connectivity index (χ1v) is 12.0. The lowest BCUT2D eigenvalue weighted by atomic mass is 9.99. The lowest BCUT2D eigenvalue weighted by Gasteiger charge is -2.34. The van der Waals surface area contributed by atoms with Gasteiger partial charge in [-0.05, 0) is 37.8 Å². The number of aryl methyl sites for hydroxylation is 2. The van der Waals surface area contributed by atoms with Crippen LogP contribution in [0.15, 0.2) is 53.1 Å². The van der Waals surface area contributed by atoms with Crippen molar-refractivity contribution in [3.05, 3.63) is 76.8 Å². The van der Waals surface area contributed by atoms with Crippen molar-refractivity contribution in [2.75, 3.05) is 26.2 Å². The summed E-state index contributed by atoms with van der Waals surface area (Å²) in [4.78, 5) is 27.3. The lowest BCUT2D eigenvalue weighted by Crippen LogP contribution is -2.48. The van der Waals surface area contributed by atoms with Gasteiger partial charge in [-0.3, -0.25) is 14.7 Å². The van der Waals surface area contributed by atoms with Crippen LogP contribution in [0.4, 0.5) is 0 Å². The minimum atomic E-state index is 0.135. The van der Waals surface area contributed by atoms with Gasteiger partial charge < -0.3 is 9.42 Å². The van der Waals surface area contributed by atoms with Gasteiger partial charge in [0.25, 0.3) is 5.91 Å². The summed E-state index contributed by atoms with van der Waals surface area (Å²) in [6.07, 6.45) is 2.97. The third-order valence-corrected chi connectivity index (χ3v) is 6.93. The van der Waals surface area contributed by atoms with E-state index in [9.17, 15) is 4.79 Å². The summed E-state index contributed by atoms with van der Waals surface area (Å²) >= 11 is 0. The van der Waals surface area contributed by atoms with Crippen molar-refractivity contribution in [1.82, 2.24) is 24.9 Å². The molecule has 0 radical (unpaired) electrons. The van der Waals surface area contributed by atoms with E-state index in [-0.39, 0.29) is 5.91 Å². The van der Waals surface area contributed by atoms with Gasteiger partial charge in [-0.15, -0.1) is 0 Å². The number of benzene rings is 2. The molecule has 172 valence electrons. The van der Waals surface area contributed by atoms with E-state index >= 15 is 0 Å². The fourth-order valence-corrected chi connectivity index (χ4v) is 5.05. The first kappa shape index (κ1) is 21.0. The first-order valence-electron chi connectivity index (χ1n) is 12.0. The standard InChI is InChI=1S/C27H27N5O2/c1-18-9-11-19(12-10-18)26-29-24(34-30-26)17-31-13-15-32(16-14-31)27(33)25-20-5-2-3-7-22(20)28-23-8-4-6-21(23)25/h2-3,5,7,9-12H,4,6,8,13-17H2,1H3. The van der Waals surface area contributed by atoms with Crippen LogP contribution in [0.5, 0.6) is 0 Å². The zero-order chi connectivity index (χ0) is 23.1. The van der Waals surface area contributed by atoms with Crippen molar-refractivity contribution in [1.29, 1.82) is 0 Å². The Hall–Kier alpha value is -3.58. The number of carbonyl (C=O) groups is 1. The maximum atomic E-state index is 13.7. The predicted octanol–water partition coefficient (Wildman–Crippen LogP) is 4.04. The van der Waals surface area contributed by atoms with Gasteiger partial charge in [-0.2, -0.15) is 4.98 Å². The second-order valence-electron chi connectivity index (χ2n) is 9.23. The molecule has 0 unspecified atom stereocenters. The van der Waals surface area contributed by atoms with Crippen LogP contribution in [0.3, 0.4) is 0 Å². The molecule has 1 fully saturated rings. The summed E-state index contributed by atoms with van der Waals surface area (Å²) < 4.78 is 5.50. The molecule has 0 atom stereocenters. The molecule has 0 spiro atoms. The highest BCUT2D eigenvalue weighted by Crippen LogP contribution is 2.31. The Morgan fingerprint density at radius 1 is 0.971 bits per heavy atom. The average molecular weight is 454 g/mol. The molecule has 1 amide bonds. The summed E-state index contributed by atoms with van der Waals surface area (Å²) in [6.45, 7) is 5.57. The van der Waals surface area contributed by atoms with E-state index in [2.05, 4.69) is 22.0 Å². The molecule has 3 heterocycles. The molecule has 2 aromatic carbocycles. The smallest absolute Gasteiger partial charge is 0.254 e. The maximum absolute atomic E-state index is 13.7. The largest absolute Gasteiger partial charge is 0.338 e. The Bertz CT molecular complexity index is 1350. The van der Waals surface area contributed by atoms with Crippen molar-refractivity contribution in [3.8, 4) is 11.4 Å². The first-order chi connectivity index (χ1) is 16.7. The Kier molecular flexibility index (Phi) is 5.34. The number of pyridine rings is 1. The molecule has 0 saturated carbocycles. The highest BCUT2D eigenvalue weighted by atomic mass is 16.5. The van der Waals surface area contributed by atoms with Crippen molar-refractivity contribution in [2.24, 2.45) is 0 Å². The lowest BCUT2D eigenvalue weighted by molar-refractivity contribution is 0.0616. The van der Waals surface area contributed by atoms with Crippen molar-refractivity contribution in [3.63, 3.8) is 0 Å². The van der Waals surface area contributed by atoms with Crippen LogP contribution in [0.2, 0.25) is 0 Å². The topological polar surface area (TPSA) is 75.4 Å². The Balaban J connectivity index is 1.15. The summed E-state index contributed by atoms with van der Waals surface area (Å²) in [5.74, 6) is 1.35. The van der Waals surface area contributed by atoms with Gasteiger partial charge in [-0.25, -0.2) is 0 Å². The number of rotatable bonds is 4. The SMILES string of the molecule is Cc1ccc(-c2noc(CN3CCN(C(=O)c4c5c(nc6ccccc46)CCC5)CC3)n2)cc1. The van der Waals surface area contributed by atoms with E-state index in [1.807, 2.05) is 53.4 Å². The molecule has 34 heavy (non-hydrogen) atoms. The normalized spacial score (nSPS) is 16.2. The molecule has 1 aliphatic heterocycles. The van der Waals surface area contributed by atoms with Crippen LogP contribution < -0.4 is 0 Å². The Morgan fingerprint density at radius 3 is 2.59 bits per heavy atom. The van der Waals surface area contributed by atoms with E-state index < -0.39 is 0 Å². The van der Waals surface area contributed by atoms with Crippen LogP contribution in [-0.4, -0.2) is 57.0 Å². The fraction of sp³-hybridized carbons (Fsp3) is 0.333. The van der Waals surface area contributed by atoms with Gasteiger partial charge in [0.15, 0.2) is 0 Å². The molecule has 2 aromatic heterocycles. The molecule has 7 heteroatoms. The van der Waals surface area contributed by atoms with Crippen molar-refractivity contribution in [2.45, 2.75) is 32.7 Å². The molecular weight excluding hydrogens is 426 g/mol. The maximum Gasteiger partial charge on any atom is 0.254 e. The number of nitrogens with zero attached hydrogens (tertiary/aromatic N) is 5. The molecule has 6 rings (SSSR count). The highest BCUT2D eigenvalue weighted by molar-refractivity contribution is 6.07. The number of amides is 1. The van der Waals surface area contributed by atoms with E-state index in [1.54, 1.807) is 0 Å². The molecule has 1 aliphatic carbocycles. The number of para-hydroxylation sites is 1. The van der Waals surface area contributed by atoms with Gasteiger partial charge in [0.05, 0.1) is 17.6 Å². The van der Waals surface area contributed by atoms with Gasteiger partial charge >= 0.3 is 0 Å². The molecule has 2 aliphatic rings. The third-order valence-electron chi connectivity index (χ3n) is 6.93. The van der Waals surface area contributed by atoms with Gasteiger partial charge in [-0.1, -0.05) is 53.2 Å². The minimum absolute atomic E-state index is 0.135. The number of carbonyl (C=O) groups excluding carboxylic acids is 1. The number of fused-ring (bicyclic) bond motifs is 2. The molecule has 7 nitrogen and oxygen atoms in total. The molecular formula is C27H27N5O2. The summed E-state index contributed by atoms with van der Waals surface area (Å²) in [7, 11) is 0. The van der Waals surface area contributed by atoms with Crippen LogP contribution in [-0.2, 0) is 19.4 Å². The fourth-order valence-electron chi connectivity index (χ4n) is 5.05. The quantitative estimate of drug-likeness (QED) is 0.464. The molecule has 1 saturated heterocycles. The number of hydrogen-bond acceptors (Lipinski definition) is 6. The van der Waals surface area contributed by atoms with Gasteiger partial charge in [0.2, 0.25) is 11.7 Å². The predicted molar refractivity (Wildman–Crippen MR) is 129 cm³/mol. The van der Waals surface area contributed by atoms with Crippen LogP contribution in [0.25, 0.3) is 22.3 Å². The van der Waals surface area contributed by atoms with Crippen LogP contribution >= 0.6 is 0 Å². The van der Waals surface area contributed by atoms with E-state index in [0.717, 1.165) is 65.6 Å². The summed E-state index contributed by atoms with van der Waals surface area (Å²) in [5.41, 5.74) is 6.19. The molecule has 0 bridgehead atoms. The van der Waals surface area contributed by atoms with E-state index in [1.165, 1.54) is 5.56 Å². The minimum Gasteiger partial charge on any atom is -0.338 e. The summed E-state index contributed by atoms with van der Waals surface area (Å²) in [5, 5.41) is 5.12.